The molecule has 2 heterocycles. The highest BCUT2D eigenvalue weighted by Crippen LogP contribution is 2.32. The number of thiazole rings is 1. The number of carboxylic acid groups (broad SMARTS) is 1. The van der Waals surface area contributed by atoms with E-state index in [0.717, 1.165) is 25.5 Å². The number of rotatable bonds is 4. The summed E-state index contributed by atoms with van der Waals surface area (Å²) in [6.07, 6.45) is 1.79. The van der Waals surface area contributed by atoms with Gasteiger partial charge < -0.3 is 5.11 Å². The molecule has 0 amide bonds. The van der Waals surface area contributed by atoms with Gasteiger partial charge in [0.25, 0.3) is 0 Å². The van der Waals surface area contributed by atoms with Crippen molar-refractivity contribution >= 4 is 29.1 Å². The molecule has 2 aromatic heterocycles. The van der Waals surface area contributed by atoms with Crippen LogP contribution in [0.3, 0.4) is 0 Å². The highest BCUT2D eigenvalue weighted by Gasteiger charge is 2.12. The van der Waals surface area contributed by atoms with Crippen LogP contribution >= 0.6 is 23.1 Å². The van der Waals surface area contributed by atoms with E-state index in [1.54, 1.807) is 6.20 Å². The van der Waals surface area contributed by atoms with Gasteiger partial charge in [0.05, 0.1) is 12.1 Å². The van der Waals surface area contributed by atoms with Crippen molar-refractivity contribution in [2.75, 3.05) is 0 Å². The number of pyridine rings is 1. The van der Waals surface area contributed by atoms with E-state index < -0.39 is 5.97 Å². The SMILES string of the molecule is Cc1ccnc(Sc2nc(C)c(CC(=O)O)s2)c1. The van der Waals surface area contributed by atoms with Gasteiger partial charge in [-0.2, -0.15) is 0 Å². The molecule has 0 saturated carbocycles. The molecular formula is C12H12N2O2S2. The van der Waals surface area contributed by atoms with Crippen molar-refractivity contribution in [1.29, 1.82) is 0 Å². The van der Waals surface area contributed by atoms with Gasteiger partial charge in [-0.1, -0.05) is 0 Å². The van der Waals surface area contributed by atoms with Crippen molar-refractivity contribution < 1.29 is 9.90 Å². The lowest BCUT2D eigenvalue weighted by atomic mass is 10.3. The molecule has 0 aliphatic heterocycles. The summed E-state index contributed by atoms with van der Waals surface area (Å²) < 4.78 is 0.835. The van der Waals surface area contributed by atoms with Crippen LogP contribution in [0.25, 0.3) is 0 Å². The maximum absolute atomic E-state index is 10.7. The minimum atomic E-state index is -0.827. The van der Waals surface area contributed by atoms with Gasteiger partial charge in [-0.15, -0.1) is 11.3 Å². The normalized spacial score (nSPS) is 10.6. The number of carboxylic acids is 1. The highest BCUT2D eigenvalue weighted by molar-refractivity contribution is 8.01. The van der Waals surface area contributed by atoms with Gasteiger partial charge in [0.2, 0.25) is 0 Å². The number of aromatic nitrogens is 2. The predicted molar refractivity (Wildman–Crippen MR) is 71.3 cm³/mol. The average Bonchev–Trinajstić information content (AvgIpc) is 2.58. The molecule has 4 nitrogen and oxygen atoms in total. The van der Waals surface area contributed by atoms with Crippen LogP contribution in [0, 0.1) is 13.8 Å². The fraction of sp³-hybridized carbons (Fsp3) is 0.250. The zero-order valence-corrected chi connectivity index (χ0v) is 11.6. The number of hydrogen-bond donors (Lipinski definition) is 1. The molecule has 94 valence electrons. The van der Waals surface area contributed by atoms with E-state index in [0.29, 0.717) is 0 Å². The van der Waals surface area contributed by atoms with Gasteiger partial charge in [0, 0.05) is 11.1 Å². The molecule has 0 fully saturated rings. The largest absolute Gasteiger partial charge is 0.481 e. The van der Waals surface area contributed by atoms with Gasteiger partial charge in [0.1, 0.15) is 5.03 Å². The Labute approximate surface area is 113 Å². The Morgan fingerprint density at radius 1 is 1.50 bits per heavy atom. The van der Waals surface area contributed by atoms with Crippen molar-refractivity contribution in [1.82, 2.24) is 9.97 Å². The third-order valence-electron chi connectivity index (χ3n) is 2.27. The second-order valence-corrected chi connectivity index (χ2v) is 6.18. The molecule has 0 saturated heterocycles. The van der Waals surface area contributed by atoms with E-state index in [4.69, 9.17) is 5.11 Å². The monoisotopic (exact) mass is 280 g/mol. The first kappa shape index (κ1) is 13.0. The lowest BCUT2D eigenvalue weighted by molar-refractivity contribution is -0.136. The van der Waals surface area contributed by atoms with E-state index >= 15 is 0 Å². The van der Waals surface area contributed by atoms with Crippen LogP contribution < -0.4 is 0 Å². The molecule has 0 radical (unpaired) electrons. The minimum Gasteiger partial charge on any atom is -0.481 e. The second-order valence-electron chi connectivity index (χ2n) is 3.83. The third-order valence-corrected chi connectivity index (χ3v) is 4.42. The average molecular weight is 280 g/mol. The van der Waals surface area contributed by atoms with Crippen LogP contribution in [0.2, 0.25) is 0 Å². The molecule has 6 heteroatoms. The minimum absolute atomic E-state index is 0.0330. The zero-order chi connectivity index (χ0) is 13.1. The molecule has 0 bridgehead atoms. The number of hydrogen-bond acceptors (Lipinski definition) is 5. The number of aliphatic carboxylic acids is 1. The van der Waals surface area contributed by atoms with Gasteiger partial charge in [-0.3, -0.25) is 4.79 Å². The van der Waals surface area contributed by atoms with Crippen LogP contribution in [0.4, 0.5) is 0 Å². The van der Waals surface area contributed by atoms with Crippen LogP contribution in [-0.4, -0.2) is 21.0 Å². The molecule has 1 N–H and O–H groups in total. The summed E-state index contributed by atoms with van der Waals surface area (Å²) in [7, 11) is 0. The van der Waals surface area contributed by atoms with Crippen LogP contribution in [0.15, 0.2) is 27.7 Å². The summed E-state index contributed by atoms with van der Waals surface area (Å²) in [4.78, 5) is 20.1. The Morgan fingerprint density at radius 3 is 2.94 bits per heavy atom. The van der Waals surface area contributed by atoms with E-state index in [9.17, 15) is 4.79 Å². The number of aryl methyl sites for hydroxylation is 2. The van der Waals surface area contributed by atoms with E-state index in [2.05, 4.69) is 9.97 Å². The number of nitrogens with zero attached hydrogens (tertiary/aromatic N) is 2. The summed E-state index contributed by atoms with van der Waals surface area (Å²) in [6.45, 7) is 3.84. The van der Waals surface area contributed by atoms with Crippen LogP contribution in [0.5, 0.6) is 0 Å². The molecular weight excluding hydrogens is 268 g/mol. The summed E-state index contributed by atoms with van der Waals surface area (Å²) in [6, 6.07) is 3.92. The van der Waals surface area contributed by atoms with Crippen molar-refractivity contribution in [3.05, 3.63) is 34.5 Å². The Hall–Kier alpha value is -1.40. The van der Waals surface area contributed by atoms with Crippen LogP contribution in [0.1, 0.15) is 16.1 Å². The summed E-state index contributed by atoms with van der Waals surface area (Å²) in [5.41, 5.74) is 1.93. The van der Waals surface area contributed by atoms with Gasteiger partial charge in [-0.05, 0) is 43.3 Å². The molecule has 0 unspecified atom stereocenters. The van der Waals surface area contributed by atoms with E-state index in [1.165, 1.54) is 23.1 Å². The molecule has 18 heavy (non-hydrogen) atoms. The topological polar surface area (TPSA) is 63.1 Å². The molecule has 2 rings (SSSR count). The lowest BCUT2D eigenvalue weighted by Crippen LogP contribution is -1.99. The van der Waals surface area contributed by atoms with Crippen molar-refractivity contribution in [2.45, 2.75) is 29.6 Å². The summed E-state index contributed by atoms with van der Waals surface area (Å²) in [5.74, 6) is -0.827. The fourth-order valence-corrected chi connectivity index (χ4v) is 3.63. The maximum atomic E-state index is 10.7. The summed E-state index contributed by atoms with van der Waals surface area (Å²) in [5, 5.41) is 9.67. The van der Waals surface area contributed by atoms with E-state index in [-0.39, 0.29) is 6.42 Å². The first-order valence-corrected chi connectivity index (χ1v) is 6.96. The predicted octanol–water partition coefficient (Wildman–Crippen LogP) is 2.93. The van der Waals surface area contributed by atoms with Crippen LogP contribution in [-0.2, 0) is 11.2 Å². The van der Waals surface area contributed by atoms with Crippen molar-refractivity contribution in [3.63, 3.8) is 0 Å². The zero-order valence-electron chi connectivity index (χ0n) is 10.0. The molecule has 0 aliphatic rings. The Bertz CT molecular complexity index is 581. The first-order chi connectivity index (χ1) is 8.54. The van der Waals surface area contributed by atoms with Crippen molar-refractivity contribution in [2.24, 2.45) is 0 Å². The third kappa shape index (κ3) is 3.30. The Balaban J connectivity index is 2.17. The van der Waals surface area contributed by atoms with Gasteiger partial charge >= 0.3 is 5.97 Å². The number of carbonyl (C=O) groups is 1. The van der Waals surface area contributed by atoms with Gasteiger partial charge in [0.15, 0.2) is 4.34 Å². The Morgan fingerprint density at radius 2 is 2.28 bits per heavy atom. The lowest BCUT2D eigenvalue weighted by Gasteiger charge is -1.97. The summed E-state index contributed by atoms with van der Waals surface area (Å²) >= 11 is 2.89. The van der Waals surface area contributed by atoms with Crippen molar-refractivity contribution in [3.8, 4) is 0 Å². The quantitative estimate of drug-likeness (QED) is 0.933. The smallest absolute Gasteiger partial charge is 0.308 e. The fourth-order valence-electron chi connectivity index (χ4n) is 1.40. The molecule has 2 aromatic rings. The maximum Gasteiger partial charge on any atom is 0.308 e. The highest BCUT2D eigenvalue weighted by atomic mass is 32.2. The standard InChI is InChI=1S/C12H12N2O2S2/c1-7-3-4-13-10(5-7)18-12-14-8(2)9(17-12)6-11(15)16/h3-5H,6H2,1-2H3,(H,15,16). The molecule has 0 aliphatic carbocycles. The second kappa shape index (κ2) is 5.49. The first-order valence-electron chi connectivity index (χ1n) is 5.33. The Kier molecular flexibility index (Phi) is 3.98. The van der Waals surface area contributed by atoms with E-state index in [1.807, 2.05) is 26.0 Å². The van der Waals surface area contributed by atoms with Gasteiger partial charge in [-0.25, -0.2) is 9.97 Å². The molecule has 0 spiro atoms. The molecule has 0 aromatic carbocycles. The molecule has 0 atom stereocenters.